The molecule has 0 spiro atoms. The van der Waals surface area contributed by atoms with Gasteiger partial charge < -0.3 is 10.2 Å². The maximum Gasteiger partial charge on any atom is 0.306 e. The predicted molar refractivity (Wildman–Crippen MR) is 48.6 cm³/mol. The van der Waals surface area contributed by atoms with E-state index in [0.29, 0.717) is 0 Å². The summed E-state index contributed by atoms with van der Waals surface area (Å²) < 4.78 is 13.2. The van der Waals surface area contributed by atoms with Crippen LogP contribution in [0.25, 0.3) is 0 Å². The highest BCUT2D eigenvalue weighted by Gasteiger charge is 2.17. The van der Waals surface area contributed by atoms with Crippen molar-refractivity contribution in [2.75, 3.05) is 0 Å². The summed E-state index contributed by atoms with van der Waals surface area (Å²) in [7, 11) is 0. The molecular formula is C9H8ClFO3. The monoisotopic (exact) mass is 218 g/mol. The SMILES string of the molecule is O=C(O)CC(O)c1cccc(Cl)c1F. The van der Waals surface area contributed by atoms with Crippen LogP contribution in [0.5, 0.6) is 0 Å². The summed E-state index contributed by atoms with van der Waals surface area (Å²) in [6, 6.07) is 4.08. The Hall–Kier alpha value is -1.13. The normalized spacial score (nSPS) is 12.5. The largest absolute Gasteiger partial charge is 0.481 e. The van der Waals surface area contributed by atoms with E-state index in [-0.39, 0.29) is 10.6 Å². The third kappa shape index (κ3) is 2.43. The van der Waals surface area contributed by atoms with Crippen LogP contribution in [0, 0.1) is 5.82 Å². The van der Waals surface area contributed by atoms with E-state index in [0.717, 1.165) is 0 Å². The van der Waals surface area contributed by atoms with Gasteiger partial charge in [-0.15, -0.1) is 0 Å². The van der Waals surface area contributed by atoms with Crippen molar-refractivity contribution in [2.24, 2.45) is 0 Å². The Balaban J connectivity index is 2.95. The number of benzene rings is 1. The lowest BCUT2D eigenvalue weighted by Crippen LogP contribution is -2.07. The molecule has 0 aliphatic heterocycles. The molecule has 1 aromatic carbocycles. The van der Waals surface area contributed by atoms with Gasteiger partial charge >= 0.3 is 5.97 Å². The Labute approximate surface area is 84.7 Å². The molecule has 1 unspecified atom stereocenters. The number of carboxylic acid groups (broad SMARTS) is 1. The molecular weight excluding hydrogens is 211 g/mol. The minimum absolute atomic E-state index is 0.0973. The first-order valence-corrected chi connectivity index (χ1v) is 4.24. The number of hydrogen-bond acceptors (Lipinski definition) is 2. The van der Waals surface area contributed by atoms with Crippen molar-refractivity contribution in [3.63, 3.8) is 0 Å². The highest BCUT2D eigenvalue weighted by Crippen LogP contribution is 2.24. The smallest absolute Gasteiger partial charge is 0.306 e. The van der Waals surface area contributed by atoms with E-state index in [1.807, 2.05) is 0 Å². The minimum atomic E-state index is -1.37. The van der Waals surface area contributed by atoms with Crippen LogP contribution >= 0.6 is 11.6 Å². The van der Waals surface area contributed by atoms with Crippen molar-refractivity contribution in [1.29, 1.82) is 0 Å². The van der Waals surface area contributed by atoms with Crippen molar-refractivity contribution in [2.45, 2.75) is 12.5 Å². The lowest BCUT2D eigenvalue weighted by Gasteiger charge is -2.09. The lowest BCUT2D eigenvalue weighted by atomic mass is 10.1. The minimum Gasteiger partial charge on any atom is -0.481 e. The Morgan fingerprint density at radius 3 is 2.79 bits per heavy atom. The number of aliphatic hydroxyl groups is 1. The van der Waals surface area contributed by atoms with Crippen LogP contribution in [0.15, 0.2) is 18.2 Å². The van der Waals surface area contributed by atoms with Gasteiger partial charge in [-0.2, -0.15) is 0 Å². The molecule has 0 aliphatic rings. The first-order chi connectivity index (χ1) is 6.52. The third-order valence-electron chi connectivity index (χ3n) is 1.71. The zero-order valence-electron chi connectivity index (χ0n) is 7.08. The molecule has 76 valence electrons. The van der Waals surface area contributed by atoms with Crippen LogP contribution < -0.4 is 0 Å². The second-order valence-electron chi connectivity index (χ2n) is 2.76. The summed E-state index contributed by atoms with van der Waals surface area (Å²) in [6.07, 6.45) is -1.91. The number of carbonyl (C=O) groups is 1. The summed E-state index contributed by atoms with van der Waals surface area (Å²) in [4.78, 5) is 10.3. The van der Waals surface area contributed by atoms with Crippen LogP contribution in [0.2, 0.25) is 5.02 Å². The van der Waals surface area contributed by atoms with Crippen LogP contribution in [0.3, 0.4) is 0 Å². The molecule has 2 N–H and O–H groups in total. The highest BCUT2D eigenvalue weighted by molar-refractivity contribution is 6.30. The van der Waals surface area contributed by atoms with E-state index in [1.54, 1.807) is 0 Å². The summed E-state index contributed by atoms with van der Waals surface area (Å²) in [6.45, 7) is 0. The topological polar surface area (TPSA) is 57.5 Å². The van der Waals surface area contributed by atoms with E-state index in [1.165, 1.54) is 18.2 Å². The van der Waals surface area contributed by atoms with E-state index in [4.69, 9.17) is 16.7 Å². The van der Waals surface area contributed by atoms with Crippen molar-refractivity contribution in [3.8, 4) is 0 Å². The molecule has 0 saturated heterocycles. The van der Waals surface area contributed by atoms with Crippen LogP contribution in [-0.2, 0) is 4.79 Å². The summed E-state index contributed by atoms with van der Waals surface area (Å²) in [5.74, 6) is -1.97. The average molecular weight is 219 g/mol. The molecule has 3 nitrogen and oxygen atoms in total. The molecule has 0 fully saturated rings. The van der Waals surface area contributed by atoms with Gasteiger partial charge in [-0.05, 0) is 6.07 Å². The standard InChI is InChI=1S/C9H8ClFO3/c10-6-3-1-2-5(9(6)11)7(12)4-8(13)14/h1-3,7,12H,4H2,(H,13,14). The molecule has 1 rings (SSSR count). The first-order valence-electron chi connectivity index (χ1n) is 3.86. The number of carboxylic acids is 1. The number of halogens is 2. The van der Waals surface area contributed by atoms with Crippen molar-refractivity contribution in [3.05, 3.63) is 34.6 Å². The molecule has 0 amide bonds. The highest BCUT2D eigenvalue weighted by atomic mass is 35.5. The zero-order chi connectivity index (χ0) is 10.7. The van der Waals surface area contributed by atoms with Crippen molar-refractivity contribution >= 4 is 17.6 Å². The van der Waals surface area contributed by atoms with Crippen LogP contribution in [0.1, 0.15) is 18.1 Å². The van der Waals surface area contributed by atoms with E-state index >= 15 is 0 Å². The Bertz CT molecular complexity index is 354. The van der Waals surface area contributed by atoms with Gasteiger partial charge in [-0.3, -0.25) is 4.79 Å². The third-order valence-corrected chi connectivity index (χ3v) is 2.00. The number of aliphatic hydroxyl groups excluding tert-OH is 1. The first kappa shape index (κ1) is 10.9. The fraction of sp³-hybridized carbons (Fsp3) is 0.222. The molecule has 14 heavy (non-hydrogen) atoms. The van der Waals surface area contributed by atoms with Crippen LogP contribution in [0.4, 0.5) is 4.39 Å². The zero-order valence-corrected chi connectivity index (χ0v) is 7.83. The predicted octanol–water partition coefficient (Wildman–Crippen LogP) is 1.99. The molecule has 0 heterocycles. The van der Waals surface area contributed by atoms with Gasteiger partial charge in [0.2, 0.25) is 0 Å². The molecule has 0 radical (unpaired) electrons. The maximum absolute atomic E-state index is 13.2. The van der Waals surface area contributed by atoms with E-state index < -0.39 is 24.3 Å². The summed E-state index contributed by atoms with van der Waals surface area (Å²) >= 11 is 5.46. The number of rotatable bonds is 3. The van der Waals surface area contributed by atoms with Gasteiger partial charge in [0.15, 0.2) is 0 Å². The Kier molecular flexibility index (Phi) is 3.43. The van der Waals surface area contributed by atoms with Gasteiger partial charge in [-0.25, -0.2) is 4.39 Å². The molecule has 0 saturated carbocycles. The van der Waals surface area contributed by atoms with Crippen LogP contribution in [-0.4, -0.2) is 16.2 Å². The van der Waals surface area contributed by atoms with Crippen molar-refractivity contribution < 1.29 is 19.4 Å². The van der Waals surface area contributed by atoms with Gasteiger partial charge in [0.05, 0.1) is 17.5 Å². The second kappa shape index (κ2) is 4.39. The second-order valence-corrected chi connectivity index (χ2v) is 3.16. The van der Waals surface area contributed by atoms with Gasteiger partial charge in [0, 0.05) is 5.56 Å². The molecule has 0 bridgehead atoms. The summed E-state index contributed by atoms with van der Waals surface area (Å²) in [5, 5.41) is 17.6. The fourth-order valence-corrected chi connectivity index (χ4v) is 1.24. The molecule has 1 aromatic rings. The van der Waals surface area contributed by atoms with E-state index in [2.05, 4.69) is 0 Å². The Morgan fingerprint density at radius 2 is 2.21 bits per heavy atom. The molecule has 1 atom stereocenters. The summed E-state index contributed by atoms with van der Waals surface area (Å²) in [5.41, 5.74) is -0.0973. The van der Waals surface area contributed by atoms with Gasteiger partial charge in [-0.1, -0.05) is 23.7 Å². The maximum atomic E-state index is 13.2. The van der Waals surface area contributed by atoms with Gasteiger partial charge in [0.25, 0.3) is 0 Å². The fourth-order valence-electron chi connectivity index (χ4n) is 1.05. The average Bonchev–Trinajstić information content (AvgIpc) is 2.08. The Morgan fingerprint density at radius 1 is 1.57 bits per heavy atom. The van der Waals surface area contributed by atoms with E-state index in [9.17, 15) is 14.3 Å². The number of hydrogen-bond donors (Lipinski definition) is 2. The molecule has 0 aromatic heterocycles. The number of aliphatic carboxylic acids is 1. The lowest BCUT2D eigenvalue weighted by molar-refractivity contribution is -0.139. The quantitative estimate of drug-likeness (QED) is 0.816. The molecule has 5 heteroatoms. The molecule has 0 aliphatic carbocycles. The van der Waals surface area contributed by atoms with Crippen molar-refractivity contribution in [1.82, 2.24) is 0 Å². The van der Waals surface area contributed by atoms with Gasteiger partial charge in [0.1, 0.15) is 5.82 Å².